The van der Waals surface area contributed by atoms with Gasteiger partial charge in [-0.1, -0.05) is 23.7 Å². The van der Waals surface area contributed by atoms with Crippen LogP contribution in [0, 0.1) is 13.8 Å². The van der Waals surface area contributed by atoms with Gasteiger partial charge in [-0.25, -0.2) is 4.98 Å². The number of nitrogens with zero attached hydrogens (tertiary/aromatic N) is 1. The van der Waals surface area contributed by atoms with E-state index in [1.807, 2.05) is 43.5 Å². The third-order valence-corrected chi connectivity index (χ3v) is 6.02. The summed E-state index contributed by atoms with van der Waals surface area (Å²) in [6.45, 7) is 4.46. The van der Waals surface area contributed by atoms with E-state index in [4.69, 9.17) is 16.0 Å². The topological polar surface area (TPSA) is 55.1 Å². The lowest BCUT2D eigenvalue weighted by Crippen LogP contribution is -2.24. The monoisotopic (exact) mass is 406 g/mol. The number of oxazole rings is 1. The number of carbonyl (C=O) groups is 1. The number of nitrogens with one attached hydrogen (secondary N) is 1. The predicted molar refractivity (Wildman–Crippen MR) is 109 cm³/mol. The van der Waals surface area contributed by atoms with Crippen molar-refractivity contribution < 1.29 is 9.21 Å². The van der Waals surface area contributed by atoms with Crippen LogP contribution in [0.2, 0.25) is 5.02 Å². The number of benzene rings is 1. The Morgan fingerprint density at radius 1 is 1.27 bits per heavy atom. The van der Waals surface area contributed by atoms with Crippen molar-refractivity contribution in [1.29, 1.82) is 0 Å². The minimum absolute atomic E-state index is 0.000391. The van der Waals surface area contributed by atoms with E-state index >= 15 is 0 Å². The second-order valence-electron chi connectivity index (χ2n) is 5.85. The average Bonchev–Trinajstić information content (AvgIpc) is 3.20. The Bertz CT molecular complexity index is 887. The molecular weight excluding hydrogens is 388 g/mol. The fourth-order valence-electron chi connectivity index (χ4n) is 2.35. The number of amides is 1. The van der Waals surface area contributed by atoms with Crippen LogP contribution in [0.4, 0.5) is 0 Å². The molecule has 4 nitrogen and oxygen atoms in total. The summed E-state index contributed by atoms with van der Waals surface area (Å²) in [5, 5.41) is 5.63. The highest BCUT2D eigenvalue weighted by molar-refractivity contribution is 7.99. The Labute approximate surface area is 166 Å². The molecule has 0 aliphatic rings. The molecule has 1 amide bonds. The van der Waals surface area contributed by atoms with Gasteiger partial charge in [0.25, 0.3) is 0 Å². The van der Waals surface area contributed by atoms with Crippen molar-refractivity contribution in [3.05, 3.63) is 63.3 Å². The maximum Gasteiger partial charge on any atom is 0.237 e. The van der Waals surface area contributed by atoms with Crippen LogP contribution >= 0.6 is 34.7 Å². The second-order valence-corrected chi connectivity index (χ2v) is 8.19. The minimum Gasteiger partial charge on any atom is -0.440 e. The van der Waals surface area contributed by atoms with Crippen molar-refractivity contribution in [3.8, 4) is 10.8 Å². The molecule has 0 saturated carbocycles. The molecule has 0 unspecified atom stereocenters. The quantitative estimate of drug-likeness (QED) is 0.584. The van der Waals surface area contributed by atoms with Crippen LogP contribution in [0.3, 0.4) is 0 Å². The van der Waals surface area contributed by atoms with Gasteiger partial charge in [0.2, 0.25) is 11.8 Å². The van der Waals surface area contributed by atoms with Crippen LogP contribution in [-0.2, 0) is 17.1 Å². The summed E-state index contributed by atoms with van der Waals surface area (Å²) in [6, 6.07) is 9.50. The van der Waals surface area contributed by atoms with E-state index < -0.39 is 0 Å². The highest BCUT2D eigenvalue weighted by atomic mass is 35.5. The summed E-state index contributed by atoms with van der Waals surface area (Å²) in [6.07, 6.45) is 0. The molecule has 136 valence electrons. The largest absolute Gasteiger partial charge is 0.440 e. The van der Waals surface area contributed by atoms with Crippen LogP contribution in [0.1, 0.15) is 22.6 Å². The molecule has 0 saturated heterocycles. The van der Waals surface area contributed by atoms with Crippen molar-refractivity contribution in [2.45, 2.75) is 26.1 Å². The molecule has 26 heavy (non-hydrogen) atoms. The van der Waals surface area contributed by atoms with Crippen molar-refractivity contribution in [2.75, 3.05) is 5.75 Å². The summed E-state index contributed by atoms with van der Waals surface area (Å²) in [5.74, 6) is 2.50. The van der Waals surface area contributed by atoms with E-state index in [0.717, 1.165) is 27.5 Å². The van der Waals surface area contributed by atoms with Gasteiger partial charge in [-0.2, -0.15) is 0 Å². The Hall–Kier alpha value is -1.76. The molecule has 2 aromatic heterocycles. The van der Waals surface area contributed by atoms with E-state index in [9.17, 15) is 4.79 Å². The van der Waals surface area contributed by atoms with Gasteiger partial charge in [-0.05, 0) is 48.6 Å². The summed E-state index contributed by atoms with van der Waals surface area (Å²) in [5.41, 5.74) is 3.08. The summed E-state index contributed by atoms with van der Waals surface area (Å²) in [7, 11) is 0. The van der Waals surface area contributed by atoms with Crippen LogP contribution in [0.5, 0.6) is 0 Å². The maximum absolute atomic E-state index is 12.0. The Morgan fingerprint density at radius 2 is 2.04 bits per heavy atom. The Kier molecular flexibility index (Phi) is 6.40. The number of thioether (sulfide) groups is 1. The predicted octanol–water partition coefficient (Wildman–Crippen LogP) is 5.22. The first-order valence-electron chi connectivity index (χ1n) is 8.12. The lowest BCUT2D eigenvalue weighted by Gasteiger charge is -2.05. The van der Waals surface area contributed by atoms with Crippen LogP contribution in [0.15, 0.2) is 40.1 Å². The number of hydrogen-bond acceptors (Lipinski definition) is 5. The standard InChI is InChI=1S/C19H19ClN2O2S2/c1-12-7-8-26-18(12)19-22-16(13(2)24-19)10-25-11-17(23)21-9-14-3-5-15(20)6-4-14/h3-8H,9-11H2,1-2H3,(H,21,23). The minimum atomic E-state index is 0.000391. The van der Waals surface area contributed by atoms with Gasteiger partial charge in [-0.3, -0.25) is 4.79 Å². The molecule has 3 aromatic rings. The summed E-state index contributed by atoms with van der Waals surface area (Å²) >= 11 is 9.01. The molecule has 0 radical (unpaired) electrons. The molecule has 0 aliphatic heterocycles. The summed E-state index contributed by atoms with van der Waals surface area (Å²) in [4.78, 5) is 17.6. The smallest absolute Gasteiger partial charge is 0.237 e. The van der Waals surface area contributed by atoms with E-state index in [1.54, 1.807) is 11.3 Å². The molecule has 0 spiro atoms. The normalized spacial score (nSPS) is 10.9. The van der Waals surface area contributed by atoms with Gasteiger partial charge in [0.05, 0.1) is 16.3 Å². The first kappa shape index (κ1) is 19.0. The number of hydrogen-bond donors (Lipinski definition) is 1. The fraction of sp³-hybridized carbons (Fsp3) is 0.263. The molecule has 1 aromatic carbocycles. The fourth-order valence-corrected chi connectivity index (χ4v) is 4.17. The maximum atomic E-state index is 12.0. The van der Waals surface area contributed by atoms with E-state index in [1.165, 1.54) is 11.8 Å². The van der Waals surface area contributed by atoms with E-state index in [2.05, 4.69) is 16.4 Å². The molecule has 0 atom stereocenters. The molecule has 0 fully saturated rings. The van der Waals surface area contributed by atoms with Gasteiger partial charge in [0.15, 0.2) is 0 Å². The van der Waals surface area contributed by atoms with Gasteiger partial charge >= 0.3 is 0 Å². The number of carbonyl (C=O) groups excluding carboxylic acids is 1. The van der Waals surface area contributed by atoms with Crippen molar-refractivity contribution in [2.24, 2.45) is 0 Å². The SMILES string of the molecule is Cc1ccsc1-c1nc(CSCC(=O)NCc2ccc(Cl)cc2)c(C)o1. The van der Waals surface area contributed by atoms with Crippen LogP contribution < -0.4 is 5.32 Å². The molecular formula is C19H19ClN2O2S2. The zero-order chi connectivity index (χ0) is 18.5. The first-order chi connectivity index (χ1) is 12.5. The molecule has 3 rings (SSSR count). The third kappa shape index (κ3) is 4.90. The van der Waals surface area contributed by atoms with E-state index in [0.29, 0.717) is 29.0 Å². The Balaban J connectivity index is 1.47. The lowest BCUT2D eigenvalue weighted by molar-refractivity contribution is -0.118. The lowest BCUT2D eigenvalue weighted by atomic mass is 10.2. The zero-order valence-corrected chi connectivity index (χ0v) is 16.9. The van der Waals surface area contributed by atoms with Gasteiger partial charge in [0, 0.05) is 17.3 Å². The molecule has 2 heterocycles. The van der Waals surface area contributed by atoms with Gasteiger partial charge in [-0.15, -0.1) is 23.1 Å². The number of aryl methyl sites for hydroxylation is 2. The molecule has 1 N–H and O–H groups in total. The number of halogens is 1. The van der Waals surface area contributed by atoms with Gasteiger partial charge < -0.3 is 9.73 Å². The molecule has 0 bridgehead atoms. The Morgan fingerprint density at radius 3 is 2.73 bits per heavy atom. The number of aromatic nitrogens is 1. The highest BCUT2D eigenvalue weighted by Crippen LogP contribution is 2.30. The third-order valence-electron chi connectivity index (χ3n) is 3.82. The average molecular weight is 407 g/mol. The van der Waals surface area contributed by atoms with Crippen molar-refractivity contribution in [1.82, 2.24) is 10.3 Å². The van der Waals surface area contributed by atoms with Crippen LogP contribution in [-0.4, -0.2) is 16.6 Å². The van der Waals surface area contributed by atoms with Gasteiger partial charge in [0.1, 0.15) is 5.76 Å². The molecule has 7 heteroatoms. The number of rotatable bonds is 7. The zero-order valence-electron chi connectivity index (χ0n) is 14.5. The van der Waals surface area contributed by atoms with Crippen molar-refractivity contribution >= 4 is 40.6 Å². The van der Waals surface area contributed by atoms with E-state index in [-0.39, 0.29) is 5.91 Å². The summed E-state index contributed by atoms with van der Waals surface area (Å²) < 4.78 is 5.79. The van der Waals surface area contributed by atoms with Crippen LogP contribution in [0.25, 0.3) is 10.8 Å². The first-order valence-corrected chi connectivity index (χ1v) is 10.5. The molecule has 0 aliphatic carbocycles. The highest BCUT2D eigenvalue weighted by Gasteiger charge is 2.14. The van der Waals surface area contributed by atoms with Crippen molar-refractivity contribution in [3.63, 3.8) is 0 Å². The number of thiophene rings is 1. The second kappa shape index (κ2) is 8.75.